The minimum Gasteiger partial charge on any atom is -0.365 e. The highest BCUT2D eigenvalue weighted by molar-refractivity contribution is 5.93. The van der Waals surface area contributed by atoms with Crippen LogP contribution in [-0.4, -0.2) is 24.9 Å². The van der Waals surface area contributed by atoms with Gasteiger partial charge in [0.15, 0.2) is 0 Å². The Morgan fingerprint density at radius 2 is 1.55 bits per heavy atom. The van der Waals surface area contributed by atoms with Crippen LogP contribution in [0.5, 0.6) is 0 Å². The van der Waals surface area contributed by atoms with Crippen LogP contribution in [0.1, 0.15) is 11.3 Å². The third-order valence-corrected chi connectivity index (χ3v) is 5.15. The summed E-state index contributed by atoms with van der Waals surface area (Å²) in [6.07, 6.45) is 10.5. The standard InChI is InChI=1S/C25H20N6/c1-17-10-20(6-8-28-17)19-4-2-18(3-5-19)12-31-25-23-15-30-24(11-21(23)7-9-29-25)22-13-26-16-27-14-22/h2-11,13-16H,12H2,1H3,(H,29,31). The van der Waals surface area contributed by atoms with Gasteiger partial charge in [-0.1, -0.05) is 24.3 Å². The van der Waals surface area contributed by atoms with E-state index in [0.29, 0.717) is 6.54 Å². The van der Waals surface area contributed by atoms with E-state index in [-0.39, 0.29) is 0 Å². The van der Waals surface area contributed by atoms with Gasteiger partial charge in [-0.05, 0) is 53.3 Å². The Morgan fingerprint density at radius 3 is 2.35 bits per heavy atom. The quantitative estimate of drug-likeness (QED) is 0.441. The molecule has 0 bridgehead atoms. The Balaban J connectivity index is 1.35. The molecule has 31 heavy (non-hydrogen) atoms. The van der Waals surface area contributed by atoms with Gasteiger partial charge in [0, 0.05) is 54.2 Å². The van der Waals surface area contributed by atoms with Crippen LogP contribution in [0.3, 0.4) is 0 Å². The molecule has 4 heterocycles. The van der Waals surface area contributed by atoms with Crippen molar-refractivity contribution in [2.45, 2.75) is 13.5 Å². The second kappa shape index (κ2) is 8.28. The minimum atomic E-state index is 0.677. The third-order valence-electron chi connectivity index (χ3n) is 5.15. The van der Waals surface area contributed by atoms with Crippen molar-refractivity contribution < 1.29 is 0 Å². The van der Waals surface area contributed by atoms with Crippen LogP contribution in [0.25, 0.3) is 33.2 Å². The smallest absolute Gasteiger partial charge is 0.135 e. The van der Waals surface area contributed by atoms with Gasteiger partial charge in [-0.2, -0.15) is 0 Å². The summed E-state index contributed by atoms with van der Waals surface area (Å²) in [5.74, 6) is 0.815. The number of nitrogens with zero attached hydrogens (tertiary/aromatic N) is 5. The lowest BCUT2D eigenvalue weighted by Gasteiger charge is -2.10. The van der Waals surface area contributed by atoms with E-state index in [4.69, 9.17) is 0 Å². The summed E-state index contributed by atoms with van der Waals surface area (Å²) in [5, 5.41) is 5.49. The van der Waals surface area contributed by atoms with Crippen molar-refractivity contribution >= 4 is 16.6 Å². The summed E-state index contributed by atoms with van der Waals surface area (Å²) >= 11 is 0. The fourth-order valence-electron chi connectivity index (χ4n) is 3.52. The lowest BCUT2D eigenvalue weighted by molar-refractivity contribution is 1.12. The van der Waals surface area contributed by atoms with Crippen molar-refractivity contribution in [3.8, 4) is 22.4 Å². The van der Waals surface area contributed by atoms with E-state index in [1.165, 1.54) is 23.0 Å². The van der Waals surface area contributed by atoms with Crippen molar-refractivity contribution in [1.29, 1.82) is 0 Å². The summed E-state index contributed by atoms with van der Waals surface area (Å²) in [6, 6.07) is 16.7. The lowest BCUT2D eigenvalue weighted by Crippen LogP contribution is -2.02. The van der Waals surface area contributed by atoms with E-state index in [1.807, 2.05) is 43.7 Å². The van der Waals surface area contributed by atoms with Gasteiger partial charge < -0.3 is 5.32 Å². The van der Waals surface area contributed by atoms with Crippen LogP contribution >= 0.6 is 0 Å². The highest BCUT2D eigenvalue weighted by Gasteiger charge is 2.07. The second-order valence-corrected chi connectivity index (χ2v) is 7.31. The van der Waals surface area contributed by atoms with Gasteiger partial charge in [0.25, 0.3) is 0 Å². The zero-order valence-corrected chi connectivity index (χ0v) is 17.0. The molecular formula is C25H20N6. The number of fused-ring (bicyclic) bond motifs is 1. The molecule has 0 aliphatic heterocycles. The molecule has 6 nitrogen and oxygen atoms in total. The monoisotopic (exact) mass is 404 g/mol. The van der Waals surface area contributed by atoms with E-state index in [0.717, 1.165) is 33.5 Å². The maximum absolute atomic E-state index is 4.58. The Bertz CT molecular complexity index is 1330. The molecule has 1 aromatic carbocycles. The van der Waals surface area contributed by atoms with Crippen LogP contribution in [0, 0.1) is 6.92 Å². The first-order valence-corrected chi connectivity index (χ1v) is 10.0. The molecule has 5 rings (SSSR count). The third kappa shape index (κ3) is 4.09. The van der Waals surface area contributed by atoms with E-state index in [1.54, 1.807) is 12.4 Å². The second-order valence-electron chi connectivity index (χ2n) is 7.31. The molecular weight excluding hydrogens is 384 g/mol. The number of benzene rings is 1. The predicted octanol–water partition coefficient (Wildman–Crippen LogP) is 5.07. The first-order valence-electron chi connectivity index (χ1n) is 10.0. The first kappa shape index (κ1) is 18.8. The van der Waals surface area contributed by atoms with Crippen LogP contribution in [0.2, 0.25) is 0 Å². The molecule has 5 aromatic rings. The van der Waals surface area contributed by atoms with E-state index < -0.39 is 0 Å². The molecule has 0 radical (unpaired) electrons. The highest BCUT2D eigenvalue weighted by atomic mass is 15.0. The molecule has 4 aromatic heterocycles. The van der Waals surface area contributed by atoms with Crippen molar-refractivity contribution in [2.24, 2.45) is 0 Å². The molecule has 150 valence electrons. The van der Waals surface area contributed by atoms with Crippen molar-refractivity contribution in [1.82, 2.24) is 24.9 Å². The Morgan fingerprint density at radius 1 is 0.742 bits per heavy atom. The summed E-state index contributed by atoms with van der Waals surface area (Å²) < 4.78 is 0. The SMILES string of the molecule is Cc1cc(-c2ccc(CNc3nccc4cc(-c5cncnc5)ncc34)cc2)ccn1. The molecule has 0 unspecified atom stereocenters. The van der Waals surface area contributed by atoms with Crippen LogP contribution in [-0.2, 0) is 6.54 Å². The van der Waals surface area contributed by atoms with Gasteiger partial charge >= 0.3 is 0 Å². The Kier molecular flexibility index (Phi) is 5.02. The average Bonchev–Trinajstić information content (AvgIpc) is 2.83. The van der Waals surface area contributed by atoms with E-state index >= 15 is 0 Å². The predicted molar refractivity (Wildman–Crippen MR) is 122 cm³/mol. The zero-order valence-electron chi connectivity index (χ0n) is 17.0. The highest BCUT2D eigenvalue weighted by Crippen LogP contribution is 2.25. The van der Waals surface area contributed by atoms with E-state index in [2.05, 4.69) is 60.6 Å². The number of pyridine rings is 3. The summed E-state index contributed by atoms with van der Waals surface area (Å²) in [5.41, 5.74) is 6.28. The fourth-order valence-corrected chi connectivity index (χ4v) is 3.52. The Labute approximate surface area is 180 Å². The number of aromatic nitrogens is 5. The molecule has 1 N–H and O–H groups in total. The van der Waals surface area contributed by atoms with Crippen molar-refractivity contribution in [2.75, 3.05) is 5.32 Å². The van der Waals surface area contributed by atoms with Gasteiger partial charge in [-0.3, -0.25) is 9.97 Å². The number of hydrogen-bond donors (Lipinski definition) is 1. The molecule has 0 amide bonds. The first-order chi connectivity index (χ1) is 15.3. The topological polar surface area (TPSA) is 76.5 Å². The van der Waals surface area contributed by atoms with Gasteiger partial charge in [-0.15, -0.1) is 0 Å². The normalized spacial score (nSPS) is 10.9. The van der Waals surface area contributed by atoms with Crippen LogP contribution in [0.15, 0.2) is 85.8 Å². The fraction of sp³-hybridized carbons (Fsp3) is 0.0800. The molecule has 0 fully saturated rings. The number of rotatable bonds is 5. The summed E-state index contributed by atoms with van der Waals surface area (Å²) in [7, 11) is 0. The van der Waals surface area contributed by atoms with Gasteiger partial charge in [0.1, 0.15) is 12.1 Å². The number of aryl methyl sites for hydroxylation is 1. The molecule has 0 aliphatic carbocycles. The molecule has 0 saturated heterocycles. The molecule has 0 spiro atoms. The number of nitrogens with one attached hydrogen (secondary N) is 1. The molecule has 0 saturated carbocycles. The molecule has 0 atom stereocenters. The largest absolute Gasteiger partial charge is 0.365 e. The molecule has 6 heteroatoms. The molecule has 0 aliphatic rings. The van der Waals surface area contributed by atoms with Crippen molar-refractivity contribution in [3.63, 3.8) is 0 Å². The maximum Gasteiger partial charge on any atom is 0.135 e. The minimum absolute atomic E-state index is 0.677. The zero-order chi connectivity index (χ0) is 21.0. The van der Waals surface area contributed by atoms with Crippen LogP contribution < -0.4 is 5.32 Å². The van der Waals surface area contributed by atoms with Gasteiger partial charge in [-0.25, -0.2) is 15.0 Å². The van der Waals surface area contributed by atoms with E-state index in [9.17, 15) is 0 Å². The summed E-state index contributed by atoms with van der Waals surface area (Å²) in [4.78, 5) is 21.5. The number of hydrogen-bond acceptors (Lipinski definition) is 6. The maximum atomic E-state index is 4.58. The Hall–Kier alpha value is -4.19. The summed E-state index contributed by atoms with van der Waals surface area (Å²) in [6.45, 7) is 2.68. The average molecular weight is 404 g/mol. The van der Waals surface area contributed by atoms with Gasteiger partial charge in [0.2, 0.25) is 0 Å². The number of anilines is 1. The van der Waals surface area contributed by atoms with Gasteiger partial charge in [0.05, 0.1) is 5.69 Å². The van der Waals surface area contributed by atoms with Crippen molar-refractivity contribution in [3.05, 3.63) is 97.1 Å². The lowest BCUT2D eigenvalue weighted by atomic mass is 10.0. The van der Waals surface area contributed by atoms with Crippen LogP contribution in [0.4, 0.5) is 5.82 Å².